The molecule has 1 aliphatic rings. The number of nitrogens with zero attached hydrogens (tertiary/aromatic N) is 1. The molecule has 36 heavy (non-hydrogen) atoms. The average molecular weight is 531 g/mol. The zero-order valence-electron chi connectivity index (χ0n) is 20.5. The van der Waals surface area contributed by atoms with Crippen LogP contribution < -0.4 is 15.9 Å². The summed E-state index contributed by atoms with van der Waals surface area (Å²) < 4.78 is 0.802. The van der Waals surface area contributed by atoms with Gasteiger partial charge in [-0.05, 0) is 68.0 Å². The van der Waals surface area contributed by atoms with Crippen molar-refractivity contribution in [3.05, 3.63) is 62.2 Å². The molecule has 0 aliphatic heterocycles. The van der Waals surface area contributed by atoms with Crippen molar-refractivity contribution in [2.45, 2.75) is 63.5 Å². The largest absolute Gasteiger partial charge is 0.506 e. The Kier molecular flexibility index (Phi) is 9.42. The Bertz CT molecular complexity index is 1220. The molecule has 0 radical (unpaired) electrons. The number of aromatic amines is 1. The van der Waals surface area contributed by atoms with Gasteiger partial charge in [-0.15, -0.1) is 0 Å². The quantitative estimate of drug-likeness (QED) is 0.262. The molecular formula is C27H35ClN4O3S. The van der Waals surface area contributed by atoms with Gasteiger partial charge in [-0.25, -0.2) is 0 Å². The summed E-state index contributed by atoms with van der Waals surface area (Å²) in [5.41, 5.74) is 9.02. The average Bonchev–Trinajstić information content (AvgIpc) is 3.51. The topological polar surface area (TPSA) is 111 Å². The van der Waals surface area contributed by atoms with Gasteiger partial charge in [0, 0.05) is 36.6 Å². The van der Waals surface area contributed by atoms with E-state index in [9.17, 15) is 14.7 Å². The number of aromatic hydroxyl groups is 1. The van der Waals surface area contributed by atoms with Crippen molar-refractivity contribution in [2.24, 2.45) is 5.73 Å². The van der Waals surface area contributed by atoms with E-state index in [0.29, 0.717) is 31.1 Å². The minimum absolute atomic E-state index is 0.0940. The molecule has 4 rings (SSSR count). The molecule has 1 fully saturated rings. The number of nitrogens with one attached hydrogen (secondary N) is 2. The van der Waals surface area contributed by atoms with E-state index in [1.54, 1.807) is 6.07 Å². The first-order valence-electron chi connectivity index (χ1n) is 12.7. The summed E-state index contributed by atoms with van der Waals surface area (Å²) >= 11 is 7.20. The molecule has 3 aromatic rings. The summed E-state index contributed by atoms with van der Waals surface area (Å²) in [4.78, 5) is 29.5. The molecule has 1 saturated carbocycles. The van der Waals surface area contributed by atoms with Crippen molar-refractivity contribution < 1.29 is 9.90 Å². The van der Waals surface area contributed by atoms with Crippen molar-refractivity contribution in [3.8, 4) is 5.75 Å². The Morgan fingerprint density at radius 3 is 2.81 bits per heavy atom. The lowest BCUT2D eigenvalue weighted by atomic mass is 10.0. The van der Waals surface area contributed by atoms with Gasteiger partial charge in [-0.2, -0.15) is 0 Å². The third kappa shape index (κ3) is 7.09. The Morgan fingerprint density at radius 1 is 1.22 bits per heavy atom. The number of aryl methyl sites for hydroxylation is 1. The van der Waals surface area contributed by atoms with E-state index in [1.165, 1.54) is 12.8 Å². The van der Waals surface area contributed by atoms with E-state index in [4.69, 9.17) is 17.3 Å². The Morgan fingerprint density at radius 2 is 2.03 bits per heavy atom. The van der Waals surface area contributed by atoms with Gasteiger partial charge >= 0.3 is 4.87 Å². The lowest BCUT2D eigenvalue weighted by molar-refractivity contribution is -0.133. The normalized spacial score (nSPS) is 14.9. The summed E-state index contributed by atoms with van der Waals surface area (Å²) in [6, 6.07) is 11.4. The van der Waals surface area contributed by atoms with E-state index in [2.05, 4.69) is 10.3 Å². The predicted octanol–water partition coefficient (Wildman–Crippen LogP) is 4.20. The summed E-state index contributed by atoms with van der Waals surface area (Å²) in [7, 11) is 0. The maximum Gasteiger partial charge on any atom is 0.305 e. The van der Waals surface area contributed by atoms with Crippen LogP contribution in [0.2, 0.25) is 5.02 Å². The maximum absolute atomic E-state index is 13.2. The summed E-state index contributed by atoms with van der Waals surface area (Å²) in [6.07, 6.45) is 7.09. The Hall–Kier alpha value is -2.39. The minimum Gasteiger partial charge on any atom is -0.506 e. The zero-order valence-corrected chi connectivity index (χ0v) is 22.0. The molecule has 1 unspecified atom stereocenters. The van der Waals surface area contributed by atoms with Crippen LogP contribution in [0.15, 0.2) is 41.2 Å². The highest BCUT2D eigenvalue weighted by Crippen LogP contribution is 2.28. The number of phenolic OH excluding ortho intramolecular Hbond substituents is 1. The molecule has 194 valence electrons. The molecule has 0 saturated heterocycles. The first kappa shape index (κ1) is 26.7. The molecule has 7 nitrogen and oxygen atoms in total. The first-order valence-corrected chi connectivity index (χ1v) is 13.9. The fraction of sp³-hybridized carbons (Fsp3) is 0.481. The third-order valence-electron chi connectivity index (χ3n) is 6.96. The van der Waals surface area contributed by atoms with Crippen LogP contribution in [0.5, 0.6) is 5.75 Å². The number of nitrogens with two attached hydrogens (primary N) is 1. The molecule has 1 aromatic heterocycles. The van der Waals surface area contributed by atoms with Crippen LogP contribution in [0.3, 0.4) is 0 Å². The lowest BCUT2D eigenvalue weighted by Crippen LogP contribution is -2.45. The number of phenols is 1. The van der Waals surface area contributed by atoms with Crippen molar-refractivity contribution in [1.29, 1.82) is 0 Å². The fourth-order valence-corrected chi connectivity index (χ4v) is 6.14. The molecule has 0 spiro atoms. The summed E-state index contributed by atoms with van der Waals surface area (Å²) in [6.45, 7) is 2.08. The number of benzene rings is 2. The monoisotopic (exact) mass is 530 g/mol. The van der Waals surface area contributed by atoms with Crippen LogP contribution in [0.25, 0.3) is 10.2 Å². The van der Waals surface area contributed by atoms with Gasteiger partial charge < -0.3 is 26.0 Å². The summed E-state index contributed by atoms with van der Waals surface area (Å²) in [5.74, 6) is 0.233. The van der Waals surface area contributed by atoms with Crippen molar-refractivity contribution in [3.63, 3.8) is 0 Å². The van der Waals surface area contributed by atoms with Gasteiger partial charge in [0.1, 0.15) is 11.3 Å². The number of thiazole rings is 1. The van der Waals surface area contributed by atoms with Gasteiger partial charge in [-0.3, -0.25) is 9.59 Å². The van der Waals surface area contributed by atoms with Gasteiger partial charge in [0.15, 0.2) is 0 Å². The number of hydrogen-bond donors (Lipinski definition) is 4. The van der Waals surface area contributed by atoms with E-state index in [-0.39, 0.29) is 22.6 Å². The lowest BCUT2D eigenvalue weighted by Gasteiger charge is -2.30. The number of H-pyrrole nitrogens is 1. The minimum atomic E-state index is -0.182. The van der Waals surface area contributed by atoms with Crippen LogP contribution in [-0.4, -0.2) is 52.6 Å². The molecule has 5 N–H and O–H groups in total. The van der Waals surface area contributed by atoms with Gasteiger partial charge in [0.2, 0.25) is 5.91 Å². The molecule has 1 heterocycles. The van der Waals surface area contributed by atoms with Crippen molar-refractivity contribution in [2.75, 3.05) is 19.6 Å². The highest BCUT2D eigenvalue weighted by molar-refractivity contribution is 7.16. The van der Waals surface area contributed by atoms with E-state index >= 15 is 0 Å². The second kappa shape index (κ2) is 12.7. The second-order valence-electron chi connectivity index (χ2n) is 9.62. The van der Waals surface area contributed by atoms with Gasteiger partial charge in [-0.1, -0.05) is 54.0 Å². The number of halogens is 1. The molecule has 9 heteroatoms. The van der Waals surface area contributed by atoms with E-state index in [1.807, 2.05) is 35.2 Å². The number of fused-ring (bicyclic) bond motifs is 1. The number of carbonyl (C=O) groups is 1. The maximum atomic E-state index is 13.2. The van der Waals surface area contributed by atoms with Gasteiger partial charge in [0.25, 0.3) is 0 Å². The van der Waals surface area contributed by atoms with Crippen LogP contribution in [0.4, 0.5) is 0 Å². The number of carbonyl (C=O) groups excluding carboxylic acids is 1. The summed E-state index contributed by atoms with van der Waals surface area (Å²) in [5, 5.41) is 14.1. The number of rotatable bonds is 12. The molecule has 1 atom stereocenters. The fourth-order valence-electron chi connectivity index (χ4n) is 5.03. The highest BCUT2D eigenvalue weighted by Gasteiger charge is 2.27. The van der Waals surface area contributed by atoms with Gasteiger partial charge in [0.05, 0.1) is 4.70 Å². The SMILES string of the molecule is NC(CCc1cccc(Cl)c1)CC(=O)N(CCNCCc1ccc(O)c2[nH]c(=O)sc12)C1CCCC1. The predicted molar refractivity (Wildman–Crippen MR) is 147 cm³/mol. The first-order chi connectivity index (χ1) is 17.4. The third-order valence-corrected chi connectivity index (χ3v) is 8.15. The second-order valence-corrected chi connectivity index (χ2v) is 11.0. The molecule has 1 amide bonds. The van der Waals surface area contributed by atoms with Crippen molar-refractivity contribution in [1.82, 2.24) is 15.2 Å². The van der Waals surface area contributed by atoms with Crippen LogP contribution in [0, 0.1) is 0 Å². The van der Waals surface area contributed by atoms with E-state index < -0.39 is 0 Å². The standard InChI is InChI=1S/C27H35ClN4O3S/c28-20-5-3-4-18(16-20)8-10-21(29)17-24(34)32(22-6-1-2-7-22)15-14-30-13-12-19-9-11-23(33)25-26(19)36-27(35)31-25/h3-5,9,11,16,21-22,30,33H,1-2,6-8,10,12-15,17,29H2,(H,31,35). The molecule has 2 aromatic carbocycles. The van der Waals surface area contributed by atoms with Crippen LogP contribution in [0.1, 0.15) is 49.7 Å². The highest BCUT2D eigenvalue weighted by atomic mass is 35.5. The molecular weight excluding hydrogens is 496 g/mol. The van der Waals surface area contributed by atoms with Crippen LogP contribution >= 0.6 is 22.9 Å². The Labute approximate surface area is 220 Å². The number of amides is 1. The smallest absolute Gasteiger partial charge is 0.305 e. The zero-order chi connectivity index (χ0) is 25.5. The number of aromatic nitrogens is 1. The van der Waals surface area contributed by atoms with Crippen LogP contribution in [-0.2, 0) is 17.6 Å². The number of hydrogen-bond acceptors (Lipinski definition) is 6. The Balaban J connectivity index is 1.26. The van der Waals surface area contributed by atoms with Crippen molar-refractivity contribution >= 4 is 39.1 Å². The molecule has 0 bridgehead atoms. The van der Waals surface area contributed by atoms with E-state index in [0.717, 1.165) is 70.8 Å². The molecule has 1 aliphatic carbocycles.